The summed E-state index contributed by atoms with van der Waals surface area (Å²) in [5, 5.41) is 14.3. The average molecular weight is 341 g/mol. The third-order valence-electron chi connectivity index (χ3n) is 3.90. The second-order valence-electron chi connectivity index (χ2n) is 5.55. The second-order valence-corrected chi connectivity index (χ2v) is 5.55. The highest BCUT2D eigenvalue weighted by Gasteiger charge is 2.15. The molecule has 1 N–H and O–H groups in total. The summed E-state index contributed by atoms with van der Waals surface area (Å²) in [6.45, 7) is 1.83. The Kier molecular flexibility index (Phi) is 5.13. The number of non-ortho nitro benzene ring substituents is 1. The minimum Gasteiger partial charge on any atom is -0.496 e. The Morgan fingerprint density at radius 3 is 2.80 bits per heavy atom. The summed E-state index contributed by atoms with van der Waals surface area (Å²) in [6, 6.07) is 12.1. The highest BCUT2D eigenvalue weighted by Crippen LogP contribution is 2.27. The number of nitrogens with zero attached hydrogens (tertiary/aromatic N) is 2. The molecule has 0 atom stereocenters. The molecule has 130 valence electrons. The fourth-order valence-electron chi connectivity index (χ4n) is 2.65. The van der Waals surface area contributed by atoms with E-state index in [2.05, 4.69) is 10.3 Å². The third-order valence-corrected chi connectivity index (χ3v) is 3.90. The van der Waals surface area contributed by atoms with Crippen LogP contribution < -0.4 is 14.8 Å². The zero-order chi connectivity index (χ0) is 17.6. The molecule has 3 rings (SSSR count). The topological polar surface area (TPSA) is 86.0 Å². The van der Waals surface area contributed by atoms with Crippen LogP contribution in [-0.4, -0.2) is 31.0 Å². The number of hydrogen-bond donors (Lipinski definition) is 1. The van der Waals surface area contributed by atoms with Crippen LogP contribution in [0.2, 0.25) is 0 Å². The van der Waals surface area contributed by atoms with Gasteiger partial charge < -0.3 is 14.8 Å². The first-order chi connectivity index (χ1) is 12.2. The summed E-state index contributed by atoms with van der Waals surface area (Å²) in [4.78, 5) is 15.1. The first-order valence-corrected chi connectivity index (χ1v) is 8.01. The number of ether oxygens (including phenoxy) is 2. The molecule has 1 aliphatic heterocycles. The van der Waals surface area contributed by atoms with Crippen LogP contribution >= 0.6 is 0 Å². The summed E-state index contributed by atoms with van der Waals surface area (Å²) in [6.07, 6.45) is 1.01. The molecule has 0 radical (unpaired) electrons. The lowest BCUT2D eigenvalue weighted by Crippen LogP contribution is -2.30. The minimum absolute atomic E-state index is 0.00556. The number of para-hydroxylation sites is 1. The largest absolute Gasteiger partial charge is 0.496 e. The molecule has 0 bridgehead atoms. The van der Waals surface area contributed by atoms with Gasteiger partial charge in [0, 0.05) is 30.8 Å². The van der Waals surface area contributed by atoms with Gasteiger partial charge in [0.15, 0.2) is 0 Å². The van der Waals surface area contributed by atoms with Gasteiger partial charge in [0.25, 0.3) is 5.69 Å². The lowest BCUT2D eigenvalue weighted by atomic mass is 10.1. The Hall–Kier alpha value is -3.09. The summed E-state index contributed by atoms with van der Waals surface area (Å²) in [5.41, 5.74) is 1.50. The molecule has 0 aliphatic carbocycles. The van der Waals surface area contributed by atoms with E-state index < -0.39 is 4.92 Å². The van der Waals surface area contributed by atoms with Crippen LogP contribution in [0.4, 0.5) is 5.69 Å². The molecule has 1 aliphatic rings. The summed E-state index contributed by atoms with van der Waals surface area (Å²) < 4.78 is 11.2. The Labute approximate surface area is 145 Å². The Morgan fingerprint density at radius 2 is 2.08 bits per heavy atom. The van der Waals surface area contributed by atoms with Gasteiger partial charge in [-0.1, -0.05) is 12.1 Å². The number of benzene rings is 2. The van der Waals surface area contributed by atoms with Crippen molar-refractivity contribution < 1.29 is 14.4 Å². The molecule has 2 aromatic carbocycles. The predicted molar refractivity (Wildman–Crippen MR) is 94.4 cm³/mol. The van der Waals surface area contributed by atoms with Crippen molar-refractivity contribution in [1.29, 1.82) is 0 Å². The smallest absolute Gasteiger partial charge is 0.270 e. The van der Waals surface area contributed by atoms with Gasteiger partial charge in [-0.05, 0) is 24.6 Å². The zero-order valence-electron chi connectivity index (χ0n) is 13.9. The van der Waals surface area contributed by atoms with Crippen LogP contribution in [0, 0.1) is 10.1 Å². The first kappa shape index (κ1) is 16.8. The quantitative estimate of drug-likeness (QED) is 0.645. The van der Waals surface area contributed by atoms with Gasteiger partial charge in [0.2, 0.25) is 0 Å². The first-order valence-electron chi connectivity index (χ1n) is 8.01. The maximum absolute atomic E-state index is 11.0. The van der Waals surface area contributed by atoms with E-state index in [1.165, 1.54) is 19.2 Å². The number of nitro benzene ring substituents is 1. The van der Waals surface area contributed by atoms with E-state index in [1.54, 1.807) is 6.07 Å². The minimum atomic E-state index is -0.433. The van der Waals surface area contributed by atoms with Gasteiger partial charge in [-0.25, -0.2) is 0 Å². The maximum Gasteiger partial charge on any atom is 0.270 e. The molecule has 0 fully saturated rings. The Balaban J connectivity index is 1.84. The van der Waals surface area contributed by atoms with Gasteiger partial charge in [-0.15, -0.1) is 0 Å². The number of amidine groups is 1. The number of aliphatic imine (C=N–C) groups is 1. The molecular formula is C18H19N3O4. The van der Waals surface area contributed by atoms with E-state index in [-0.39, 0.29) is 12.3 Å². The van der Waals surface area contributed by atoms with Gasteiger partial charge in [-0.2, -0.15) is 0 Å². The monoisotopic (exact) mass is 341 g/mol. The lowest BCUT2D eigenvalue weighted by Gasteiger charge is -2.18. The van der Waals surface area contributed by atoms with Gasteiger partial charge in [0.05, 0.1) is 17.6 Å². The molecule has 0 unspecified atom stereocenters. The fraction of sp³-hybridized carbons (Fsp3) is 0.278. The van der Waals surface area contributed by atoms with Crippen molar-refractivity contribution in [3.8, 4) is 11.5 Å². The fourth-order valence-corrected chi connectivity index (χ4v) is 2.65. The van der Waals surface area contributed by atoms with E-state index in [1.807, 2.05) is 24.3 Å². The van der Waals surface area contributed by atoms with Crippen molar-refractivity contribution >= 4 is 11.5 Å². The van der Waals surface area contributed by atoms with Gasteiger partial charge >= 0.3 is 0 Å². The van der Waals surface area contributed by atoms with Gasteiger partial charge in [0.1, 0.15) is 23.9 Å². The van der Waals surface area contributed by atoms with Crippen LogP contribution in [-0.2, 0) is 6.61 Å². The van der Waals surface area contributed by atoms with Crippen LogP contribution in [0.15, 0.2) is 47.5 Å². The predicted octanol–water partition coefficient (Wildman–Crippen LogP) is 2.92. The normalized spacial score (nSPS) is 13.6. The van der Waals surface area contributed by atoms with Crippen molar-refractivity contribution in [1.82, 2.24) is 5.32 Å². The van der Waals surface area contributed by atoms with Crippen molar-refractivity contribution in [3.05, 3.63) is 63.7 Å². The van der Waals surface area contributed by atoms with E-state index >= 15 is 0 Å². The van der Waals surface area contributed by atoms with Crippen LogP contribution in [0.5, 0.6) is 11.5 Å². The molecule has 0 saturated heterocycles. The molecule has 0 saturated carbocycles. The lowest BCUT2D eigenvalue weighted by molar-refractivity contribution is -0.385. The van der Waals surface area contributed by atoms with E-state index in [0.29, 0.717) is 17.1 Å². The van der Waals surface area contributed by atoms with Crippen molar-refractivity contribution in [3.63, 3.8) is 0 Å². The highest BCUT2D eigenvalue weighted by atomic mass is 16.6. The number of nitro groups is 1. The van der Waals surface area contributed by atoms with E-state index in [0.717, 1.165) is 30.9 Å². The Morgan fingerprint density at radius 1 is 1.24 bits per heavy atom. The summed E-state index contributed by atoms with van der Waals surface area (Å²) in [7, 11) is 1.53. The highest BCUT2D eigenvalue weighted by molar-refractivity contribution is 6.01. The van der Waals surface area contributed by atoms with Crippen molar-refractivity contribution in [2.45, 2.75) is 13.0 Å². The van der Waals surface area contributed by atoms with E-state index in [9.17, 15) is 10.1 Å². The van der Waals surface area contributed by atoms with Crippen LogP contribution in [0.1, 0.15) is 17.5 Å². The maximum atomic E-state index is 11.0. The average Bonchev–Trinajstić information content (AvgIpc) is 2.67. The van der Waals surface area contributed by atoms with Crippen LogP contribution in [0.25, 0.3) is 0 Å². The molecule has 0 spiro atoms. The third kappa shape index (κ3) is 3.88. The number of methoxy groups -OCH3 is 1. The molecular weight excluding hydrogens is 322 g/mol. The molecule has 2 aromatic rings. The van der Waals surface area contributed by atoms with Crippen molar-refractivity contribution in [2.75, 3.05) is 20.2 Å². The van der Waals surface area contributed by atoms with Gasteiger partial charge in [-0.3, -0.25) is 15.1 Å². The standard InChI is InChI=1S/C18H19N3O4/c1-24-16-8-7-14(21(22)23)11-13(16)12-25-17-6-3-2-5-15(17)18-19-9-4-10-20-18/h2-3,5-8,11H,4,9-10,12H2,1H3,(H,19,20). The van der Waals surface area contributed by atoms with E-state index in [4.69, 9.17) is 9.47 Å². The zero-order valence-corrected chi connectivity index (χ0v) is 13.9. The summed E-state index contributed by atoms with van der Waals surface area (Å²) >= 11 is 0. The van der Waals surface area contributed by atoms with Crippen LogP contribution in [0.3, 0.4) is 0 Å². The number of hydrogen-bond acceptors (Lipinski definition) is 6. The SMILES string of the molecule is COc1ccc([N+](=O)[O-])cc1COc1ccccc1C1=NCCCN1. The molecule has 7 heteroatoms. The summed E-state index contributed by atoms with van der Waals surface area (Å²) in [5.74, 6) is 2.04. The molecule has 25 heavy (non-hydrogen) atoms. The number of rotatable bonds is 6. The Bertz CT molecular complexity index is 805. The molecule has 7 nitrogen and oxygen atoms in total. The molecule has 0 aromatic heterocycles. The van der Waals surface area contributed by atoms with Crippen molar-refractivity contribution in [2.24, 2.45) is 4.99 Å². The molecule has 0 amide bonds. The molecule has 1 heterocycles. The number of nitrogens with one attached hydrogen (secondary N) is 1. The second kappa shape index (κ2) is 7.65.